The van der Waals surface area contributed by atoms with E-state index in [-0.39, 0.29) is 5.75 Å². The lowest BCUT2D eigenvalue weighted by molar-refractivity contribution is 0.449. The zero-order valence-corrected chi connectivity index (χ0v) is 16.8. The van der Waals surface area contributed by atoms with E-state index in [0.717, 1.165) is 29.9 Å². The Kier molecular flexibility index (Phi) is 11.4. The Labute approximate surface area is 155 Å². The second-order valence-electron chi connectivity index (χ2n) is 8.09. The molecule has 0 radical (unpaired) electrons. The summed E-state index contributed by atoms with van der Waals surface area (Å²) in [6, 6.07) is 3.37. The second kappa shape index (κ2) is 13.1. The Morgan fingerprint density at radius 2 is 1.16 bits per heavy atom. The normalized spacial score (nSPS) is 11.4. The molecule has 0 bridgehead atoms. The zero-order chi connectivity index (χ0) is 18.5. The first-order valence-corrected chi connectivity index (χ1v) is 10.5. The van der Waals surface area contributed by atoms with Crippen molar-refractivity contribution in [1.29, 1.82) is 0 Å². The van der Waals surface area contributed by atoms with Crippen molar-refractivity contribution in [2.75, 3.05) is 0 Å². The summed E-state index contributed by atoms with van der Waals surface area (Å²) in [5.74, 6) is 1.47. The summed E-state index contributed by atoms with van der Waals surface area (Å²) in [4.78, 5) is 0. The fourth-order valence-electron chi connectivity index (χ4n) is 3.38. The van der Waals surface area contributed by atoms with E-state index in [1.54, 1.807) is 12.1 Å². The van der Waals surface area contributed by atoms with E-state index < -0.39 is 0 Å². The highest BCUT2D eigenvalue weighted by atomic mass is 16.3. The van der Waals surface area contributed by atoms with Crippen LogP contribution in [0.2, 0.25) is 0 Å². The number of hydrogen-bond acceptors (Lipinski definition) is 2. The van der Waals surface area contributed by atoms with Gasteiger partial charge in [-0.05, 0) is 48.9 Å². The van der Waals surface area contributed by atoms with E-state index in [1.807, 2.05) is 6.92 Å². The largest absolute Gasteiger partial charge is 0.508 e. The van der Waals surface area contributed by atoms with Crippen molar-refractivity contribution in [3.8, 4) is 11.5 Å². The summed E-state index contributed by atoms with van der Waals surface area (Å²) in [5.41, 5.74) is 1.61. The Morgan fingerprint density at radius 1 is 0.680 bits per heavy atom. The van der Waals surface area contributed by atoms with Crippen LogP contribution in [0.4, 0.5) is 0 Å². The molecule has 0 aliphatic heterocycles. The highest BCUT2D eigenvalue weighted by Gasteiger charge is 2.05. The van der Waals surface area contributed by atoms with Gasteiger partial charge in [0.2, 0.25) is 0 Å². The number of phenols is 2. The van der Waals surface area contributed by atoms with Crippen molar-refractivity contribution in [2.24, 2.45) is 5.92 Å². The number of aryl methyl sites for hydroxylation is 2. The van der Waals surface area contributed by atoms with Crippen LogP contribution >= 0.6 is 0 Å². The maximum Gasteiger partial charge on any atom is 0.119 e. The molecule has 0 heterocycles. The maximum absolute atomic E-state index is 9.91. The summed E-state index contributed by atoms with van der Waals surface area (Å²) in [7, 11) is 0. The van der Waals surface area contributed by atoms with E-state index >= 15 is 0 Å². The van der Waals surface area contributed by atoms with E-state index in [9.17, 15) is 10.2 Å². The maximum atomic E-state index is 9.91. The van der Waals surface area contributed by atoms with Gasteiger partial charge in [0, 0.05) is 0 Å². The summed E-state index contributed by atoms with van der Waals surface area (Å²) >= 11 is 0. The minimum atomic E-state index is 0.289. The minimum Gasteiger partial charge on any atom is -0.508 e. The number of phenolic OH excluding ortho intramolecular Hbond substituents is 2. The van der Waals surface area contributed by atoms with Crippen LogP contribution in [-0.4, -0.2) is 10.2 Å². The van der Waals surface area contributed by atoms with Crippen LogP contribution in [0, 0.1) is 12.8 Å². The van der Waals surface area contributed by atoms with Crippen molar-refractivity contribution in [1.82, 2.24) is 0 Å². The molecule has 2 N–H and O–H groups in total. The molecule has 0 fully saturated rings. The van der Waals surface area contributed by atoms with Crippen molar-refractivity contribution in [3.63, 3.8) is 0 Å². The lowest BCUT2D eigenvalue weighted by atomic mass is 10.0. The first-order valence-electron chi connectivity index (χ1n) is 10.5. The van der Waals surface area contributed by atoms with Gasteiger partial charge in [-0.15, -0.1) is 0 Å². The highest BCUT2D eigenvalue weighted by molar-refractivity contribution is 5.44. The van der Waals surface area contributed by atoms with Crippen LogP contribution in [0.3, 0.4) is 0 Å². The average molecular weight is 349 g/mol. The third-order valence-corrected chi connectivity index (χ3v) is 5.12. The van der Waals surface area contributed by atoms with E-state index in [1.165, 1.54) is 70.6 Å². The van der Waals surface area contributed by atoms with Gasteiger partial charge in [-0.2, -0.15) is 0 Å². The van der Waals surface area contributed by atoms with Gasteiger partial charge in [-0.3, -0.25) is 0 Å². The van der Waals surface area contributed by atoms with Crippen LogP contribution in [0.5, 0.6) is 11.5 Å². The van der Waals surface area contributed by atoms with Gasteiger partial charge in [0.25, 0.3) is 0 Å². The molecule has 0 aromatic heterocycles. The summed E-state index contributed by atoms with van der Waals surface area (Å²) < 4.78 is 0. The van der Waals surface area contributed by atoms with Crippen molar-refractivity contribution >= 4 is 0 Å². The van der Waals surface area contributed by atoms with E-state index in [0.29, 0.717) is 5.75 Å². The third-order valence-electron chi connectivity index (χ3n) is 5.12. The summed E-state index contributed by atoms with van der Waals surface area (Å²) in [5, 5.41) is 19.6. The predicted octanol–water partition coefficient (Wildman–Crippen LogP) is 7.29. The Morgan fingerprint density at radius 3 is 1.68 bits per heavy atom. The van der Waals surface area contributed by atoms with Crippen LogP contribution in [-0.2, 0) is 6.42 Å². The van der Waals surface area contributed by atoms with Crippen LogP contribution in [0.25, 0.3) is 0 Å². The average Bonchev–Trinajstić information content (AvgIpc) is 2.56. The molecular formula is C23H40O2. The molecule has 1 rings (SSSR count). The summed E-state index contributed by atoms with van der Waals surface area (Å²) in [6.45, 7) is 6.44. The molecular weight excluding hydrogens is 308 g/mol. The van der Waals surface area contributed by atoms with Gasteiger partial charge in [0.1, 0.15) is 11.5 Å². The number of aromatic hydroxyl groups is 2. The fourth-order valence-corrected chi connectivity index (χ4v) is 3.38. The molecule has 1 aromatic rings. The molecule has 2 heteroatoms. The molecule has 0 spiro atoms. The monoisotopic (exact) mass is 348 g/mol. The molecule has 0 atom stereocenters. The lowest BCUT2D eigenvalue weighted by Crippen LogP contribution is -1.89. The van der Waals surface area contributed by atoms with Gasteiger partial charge < -0.3 is 10.2 Å². The first kappa shape index (κ1) is 21.9. The second-order valence-corrected chi connectivity index (χ2v) is 8.09. The quantitative estimate of drug-likeness (QED) is 0.274. The molecule has 0 unspecified atom stereocenters. The van der Waals surface area contributed by atoms with Crippen LogP contribution in [0.15, 0.2) is 12.1 Å². The Hall–Kier alpha value is -1.18. The standard InChI is InChI=1S/C23H40O2/c1-19(2)15-13-11-9-7-5-4-6-8-10-12-14-16-21-18-22(24)20(3)17-23(21)25/h17-19,24-25H,4-16H2,1-3H3. The molecule has 0 saturated carbocycles. The SMILES string of the molecule is Cc1cc(O)c(CCCCCCCCCCCCCC(C)C)cc1O. The van der Waals surface area contributed by atoms with E-state index in [2.05, 4.69) is 13.8 Å². The van der Waals surface area contributed by atoms with Crippen molar-refractivity contribution < 1.29 is 10.2 Å². The first-order chi connectivity index (χ1) is 12.0. The molecule has 0 saturated heterocycles. The van der Waals surface area contributed by atoms with Gasteiger partial charge in [0.15, 0.2) is 0 Å². The minimum absolute atomic E-state index is 0.289. The molecule has 1 aromatic carbocycles. The van der Waals surface area contributed by atoms with Gasteiger partial charge in [-0.25, -0.2) is 0 Å². The number of rotatable bonds is 14. The smallest absolute Gasteiger partial charge is 0.119 e. The third kappa shape index (κ3) is 10.4. The fraction of sp³-hybridized carbons (Fsp3) is 0.739. The summed E-state index contributed by atoms with van der Waals surface area (Å²) in [6.07, 6.45) is 17.0. The molecule has 25 heavy (non-hydrogen) atoms. The Bertz CT molecular complexity index is 465. The Balaban J connectivity index is 1.92. The van der Waals surface area contributed by atoms with Gasteiger partial charge >= 0.3 is 0 Å². The highest BCUT2D eigenvalue weighted by Crippen LogP contribution is 2.27. The molecule has 144 valence electrons. The number of unbranched alkanes of at least 4 members (excludes halogenated alkanes) is 10. The van der Waals surface area contributed by atoms with Gasteiger partial charge in [0.05, 0.1) is 0 Å². The molecule has 0 amide bonds. The zero-order valence-electron chi connectivity index (χ0n) is 16.8. The number of hydrogen-bond donors (Lipinski definition) is 2. The molecule has 0 aliphatic carbocycles. The van der Waals surface area contributed by atoms with Crippen LogP contribution in [0.1, 0.15) is 102 Å². The van der Waals surface area contributed by atoms with Crippen molar-refractivity contribution in [3.05, 3.63) is 23.3 Å². The molecule has 2 nitrogen and oxygen atoms in total. The van der Waals surface area contributed by atoms with Crippen molar-refractivity contribution in [2.45, 2.75) is 104 Å². The topological polar surface area (TPSA) is 40.5 Å². The van der Waals surface area contributed by atoms with Gasteiger partial charge in [-0.1, -0.05) is 84.5 Å². The molecule has 0 aliphatic rings. The predicted molar refractivity (Wildman–Crippen MR) is 108 cm³/mol. The lowest BCUT2D eigenvalue weighted by Gasteiger charge is -2.08. The van der Waals surface area contributed by atoms with Crippen LogP contribution < -0.4 is 0 Å². The van der Waals surface area contributed by atoms with E-state index in [4.69, 9.17) is 0 Å². The number of benzene rings is 1.